The van der Waals surface area contributed by atoms with Crippen LogP contribution in [0.3, 0.4) is 0 Å². The van der Waals surface area contributed by atoms with E-state index in [1.165, 1.54) is 0 Å². The summed E-state index contributed by atoms with van der Waals surface area (Å²) in [5, 5.41) is 0. The van der Waals surface area contributed by atoms with Gasteiger partial charge in [-0.25, -0.2) is 4.98 Å². The maximum atomic E-state index is 12.0. The number of imidazole rings is 1. The first-order valence-electron chi connectivity index (χ1n) is 6.95. The van der Waals surface area contributed by atoms with Crippen molar-refractivity contribution < 1.29 is 9.53 Å². The van der Waals surface area contributed by atoms with Gasteiger partial charge < -0.3 is 9.30 Å². The van der Waals surface area contributed by atoms with Crippen molar-refractivity contribution in [3.8, 4) is 17.1 Å². The smallest absolute Gasteiger partial charge is 0.166 e. The number of aryl methyl sites for hydroxylation is 1. The molecule has 104 valence electrons. The Labute approximate surface area is 122 Å². The van der Waals surface area contributed by atoms with E-state index in [9.17, 15) is 4.79 Å². The third kappa shape index (κ3) is 1.76. The molecule has 1 aliphatic rings. The number of benzene rings is 2. The Morgan fingerprint density at radius 3 is 2.71 bits per heavy atom. The summed E-state index contributed by atoms with van der Waals surface area (Å²) in [6, 6.07) is 13.6. The maximum absolute atomic E-state index is 12.0. The number of ether oxygens (including phenoxy) is 1. The van der Waals surface area contributed by atoms with Crippen LogP contribution >= 0.6 is 0 Å². The van der Waals surface area contributed by atoms with E-state index in [1.54, 1.807) is 7.11 Å². The number of ketones is 1. The number of aromatic nitrogens is 2. The normalized spacial score (nSPS) is 13.7. The van der Waals surface area contributed by atoms with Crippen LogP contribution in [0.1, 0.15) is 16.8 Å². The zero-order valence-electron chi connectivity index (χ0n) is 11.7. The van der Waals surface area contributed by atoms with Gasteiger partial charge in [0.25, 0.3) is 0 Å². The number of nitrogens with zero attached hydrogens (tertiary/aromatic N) is 2. The molecule has 0 atom stereocenters. The first kappa shape index (κ1) is 12.1. The number of rotatable bonds is 2. The molecule has 0 amide bonds. The van der Waals surface area contributed by atoms with Gasteiger partial charge in [-0.15, -0.1) is 0 Å². The Kier molecular flexibility index (Phi) is 2.57. The minimum Gasteiger partial charge on any atom is -0.497 e. The SMILES string of the molecule is COc1ccc(-c2nc3cccc4c3n2CCC4=O)cc1. The van der Waals surface area contributed by atoms with Crippen LogP contribution in [0, 0.1) is 0 Å². The Bertz CT molecular complexity index is 847. The monoisotopic (exact) mass is 278 g/mol. The lowest BCUT2D eigenvalue weighted by Gasteiger charge is -2.15. The van der Waals surface area contributed by atoms with Crippen molar-refractivity contribution in [2.24, 2.45) is 0 Å². The molecule has 1 aromatic heterocycles. The van der Waals surface area contributed by atoms with Crippen molar-refractivity contribution in [1.82, 2.24) is 9.55 Å². The zero-order chi connectivity index (χ0) is 14.4. The van der Waals surface area contributed by atoms with Crippen LogP contribution in [0.25, 0.3) is 22.4 Å². The van der Waals surface area contributed by atoms with Gasteiger partial charge >= 0.3 is 0 Å². The highest BCUT2D eigenvalue weighted by atomic mass is 16.5. The molecule has 1 aliphatic heterocycles. The van der Waals surface area contributed by atoms with Crippen molar-refractivity contribution in [3.63, 3.8) is 0 Å². The van der Waals surface area contributed by atoms with E-state index in [4.69, 9.17) is 9.72 Å². The number of Topliss-reactive ketones (excluding diaryl/α,β-unsaturated/α-hetero) is 1. The molecule has 0 aliphatic carbocycles. The summed E-state index contributed by atoms with van der Waals surface area (Å²) in [7, 11) is 1.65. The minimum atomic E-state index is 0.203. The Balaban J connectivity index is 1.96. The Morgan fingerprint density at radius 1 is 1.14 bits per heavy atom. The van der Waals surface area contributed by atoms with Gasteiger partial charge in [0.1, 0.15) is 11.6 Å². The summed E-state index contributed by atoms with van der Waals surface area (Å²) < 4.78 is 7.34. The number of hydrogen-bond acceptors (Lipinski definition) is 3. The molecule has 0 saturated heterocycles. The molecule has 0 radical (unpaired) electrons. The fraction of sp³-hybridized carbons (Fsp3) is 0.176. The summed E-state index contributed by atoms with van der Waals surface area (Å²) in [5.74, 6) is 1.94. The molecule has 21 heavy (non-hydrogen) atoms. The molecule has 4 rings (SSSR count). The van der Waals surface area contributed by atoms with E-state index in [2.05, 4.69) is 4.57 Å². The summed E-state index contributed by atoms with van der Waals surface area (Å²) in [4.78, 5) is 16.8. The van der Waals surface area contributed by atoms with Gasteiger partial charge in [-0.1, -0.05) is 6.07 Å². The second-order valence-electron chi connectivity index (χ2n) is 5.16. The Morgan fingerprint density at radius 2 is 1.95 bits per heavy atom. The number of carbonyl (C=O) groups excluding carboxylic acids is 1. The van der Waals surface area contributed by atoms with Crippen molar-refractivity contribution in [2.45, 2.75) is 13.0 Å². The van der Waals surface area contributed by atoms with E-state index in [0.717, 1.165) is 33.7 Å². The quantitative estimate of drug-likeness (QED) is 0.722. The van der Waals surface area contributed by atoms with Crippen LogP contribution in [-0.4, -0.2) is 22.4 Å². The van der Waals surface area contributed by atoms with Gasteiger partial charge in [0.2, 0.25) is 0 Å². The van der Waals surface area contributed by atoms with E-state index >= 15 is 0 Å². The van der Waals surface area contributed by atoms with Crippen LogP contribution in [0.2, 0.25) is 0 Å². The highest BCUT2D eigenvalue weighted by Gasteiger charge is 2.23. The van der Waals surface area contributed by atoms with Gasteiger partial charge in [-0.3, -0.25) is 4.79 Å². The topological polar surface area (TPSA) is 44.1 Å². The first-order valence-corrected chi connectivity index (χ1v) is 6.95. The molecule has 2 heterocycles. The summed E-state index contributed by atoms with van der Waals surface area (Å²) in [5.41, 5.74) is 3.66. The van der Waals surface area contributed by atoms with Crippen LogP contribution in [0.15, 0.2) is 42.5 Å². The third-order valence-corrected chi connectivity index (χ3v) is 3.98. The molecule has 2 aromatic carbocycles. The summed E-state index contributed by atoms with van der Waals surface area (Å²) in [6.45, 7) is 0.688. The van der Waals surface area contributed by atoms with Crippen LogP contribution in [0.4, 0.5) is 0 Å². The Hall–Kier alpha value is -2.62. The number of methoxy groups -OCH3 is 1. The maximum Gasteiger partial charge on any atom is 0.166 e. The summed E-state index contributed by atoms with van der Waals surface area (Å²) >= 11 is 0. The zero-order valence-corrected chi connectivity index (χ0v) is 11.7. The largest absolute Gasteiger partial charge is 0.497 e. The molecule has 4 nitrogen and oxygen atoms in total. The first-order chi connectivity index (χ1) is 10.3. The van der Waals surface area contributed by atoms with Gasteiger partial charge in [0.05, 0.1) is 18.1 Å². The molecule has 0 bridgehead atoms. The van der Waals surface area contributed by atoms with Crippen LogP contribution < -0.4 is 4.74 Å². The molecule has 0 unspecified atom stereocenters. The van der Waals surface area contributed by atoms with Crippen LogP contribution in [0.5, 0.6) is 5.75 Å². The average Bonchev–Trinajstić information content (AvgIpc) is 2.91. The fourth-order valence-electron chi connectivity index (χ4n) is 2.94. The molecule has 3 aromatic rings. The van der Waals surface area contributed by atoms with E-state index in [-0.39, 0.29) is 5.78 Å². The highest BCUT2D eigenvalue weighted by molar-refractivity contribution is 6.08. The molecule has 4 heteroatoms. The van der Waals surface area contributed by atoms with Gasteiger partial charge in [0.15, 0.2) is 5.78 Å². The molecular formula is C17H14N2O2. The molecule has 0 saturated carbocycles. The lowest BCUT2D eigenvalue weighted by Crippen LogP contribution is -2.14. The molecule has 0 N–H and O–H groups in total. The van der Waals surface area contributed by atoms with Crippen molar-refractivity contribution in [3.05, 3.63) is 48.0 Å². The number of hydrogen-bond donors (Lipinski definition) is 0. The molecular weight excluding hydrogens is 264 g/mol. The summed E-state index contributed by atoms with van der Waals surface area (Å²) in [6.07, 6.45) is 0.533. The number of para-hydroxylation sites is 1. The molecule has 0 fully saturated rings. The highest BCUT2D eigenvalue weighted by Crippen LogP contribution is 2.31. The average molecular weight is 278 g/mol. The van der Waals surface area contributed by atoms with E-state index in [0.29, 0.717) is 13.0 Å². The van der Waals surface area contributed by atoms with Crippen LogP contribution in [-0.2, 0) is 6.54 Å². The van der Waals surface area contributed by atoms with Crippen molar-refractivity contribution in [2.75, 3.05) is 7.11 Å². The third-order valence-electron chi connectivity index (χ3n) is 3.98. The lowest BCUT2D eigenvalue weighted by atomic mass is 10.0. The van der Waals surface area contributed by atoms with Gasteiger partial charge in [-0.2, -0.15) is 0 Å². The predicted octanol–water partition coefficient (Wildman–Crippen LogP) is 3.30. The second kappa shape index (κ2) is 4.45. The predicted molar refractivity (Wildman–Crippen MR) is 80.7 cm³/mol. The fourth-order valence-corrected chi connectivity index (χ4v) is 2.94. The number of carbonyl (C=O) groups is 1. The van der Waals surface area contributed by atoms with Crippen molar-refractivity contribution in [1.29, 1.82) is 0 Å². The lowest BCUT2D eigenvalue weighted by molar-refractivity contribution is 0.0973. The molecule has 0 spiro atoms. The standard InChI is InChI=1S/C17H14N2O2/c1-21-12-7-5-11(6-8-12)17-18-14-4-2-3-13-15(20)9-10-19(17)16(13)14/h2-8H,9-10H2,1H3. The van der Waals surface area contributed by atoms with E-state index in [1.807, 2.05) is 42.5 Å². The van der Waals surface area contributed by atoms with Gasteiger partial charge in [-0.05, 0) is 36.4 Å². The van der Waals surface area contributed by atoms with Crippen molar-refractivity contribution >= 4 is 16.8 Å². The van der Waals surface area contributed by atoms with Gasteiger partial charge in [0, 0.05) is 24.1 Å². The second-order valence-corrected chi connectivity index (χ2v) is 5.16. The van der Waals surface area contributed by atoms with E-state index < -0.39 is 0 Å². The minimum absolute atomic E-state index is 0.203.